The van der Waals surface area contributed by atoms with E-state index >= 15 is 0 Å². The van der Waals surface area contributed by atoms with Crippen LogP contribution >= 0.6 is 23.2 Å². The molecule has 0 bridgehead atoms. The maximum absolute atomic E-state index is 9.29. The summed E-state index contributed by atoms with van der Waals surface area (Å²) in [6.07, 6.45) is -0.374. The minimum Gasteiger partial charge on any atom is -0.489 e. The fraction of sp³-hybridized carbons (Fsp3) is 0.294. The number of aliphatic hydroxyl groups is 1. The summed E-state index contributed by atoms with van der Waals surface area (Å²) in [6, 6.07) is 13.2. The molecule has 2 aromatic carbocycles. The van der Waals surface area contributed by atoms with Gasteiger partial charge in [0.1, 0.15) is 12.4 Å². The molecule has 22 heavy (non-hydrogen) atoms. The highest BCUT2D eigenvalue weighted by molar-refractivity contribution is 6.35. The second kappa shape index (κ2) is 8.39. The van der Waals surface area contributed by atoms with Gasteiger partial charge >= 0.3 is 0 Å². The molecule has 0 unspecified atom stereocenters. The molecule has 0 radical (unpaired) electrons. The molecular formula is C17H19Cl2NO2. The van der Waals surface area contributed by atoms with E-state index in [9.17, 15) is 5.11 Å². The molecule has 2 N–H and O–H groups in total. The molecule has 0 aromatic heterocycles. The fourth-order valence-electron chi connectivity index (χ4n) is 2.00. The normalized spacial score (nSPS) is 12.2. The smallest absolute Gasteiger partial charge is 0.124 e. The number of para-hydroxylation sites is 1. The molecule has 0 saturated carbocycles. The summed E-state index contributed by atoms with van der Waals surface area (Å²) in [7, 11) is 0. The van der Waals surface area contributed by atoms with Gasteiger partial charge in [0.05, 0.1) is 6.10 Å². The van der Waals surface area contributed by atoms with E-state index in [1.807, 2.05) is 30.3 Å². The van der Waals surface area contributed by atoms with Crippen molar-refractivity contribution >= 4 is 23.2 Å². The lowest BCUT2D eigenvalue weighted by Crippen LogP contribution is -2.24. The minimum atomic E-state index is -0.374. The van der Waals surface area contributed by atoms with Gasteiger partial charge in [0.2, 0.25) is 0 Å². The third-order valence-electron chi connectivity index (χ3n) is 3.13. The van der Waals surface area contributed by atoms with E-state index in [1.54, 1.807) is 19.1 Å². The van der Waals surface area contributed by atoms with Gasteiger partial charge in [-0.1, -0.05) is 47.5 Å². The average molecular weight is 340 g/mol. The van der Waals surface area contributed by atoms with Crippen molar-refractivity contribution in [3.05, 3.63) is 63.6 Å². The SMILES string of the molecule is C[C@@H](O)CNCc1ccccc1OCc1ccc(Cl)cc1Cl. The monoisotopic (exact) mass is 339 g/mol. The number of halogens is 2. The molecule has 0 aliphatic rings. The van der Waals surface area contributed by atoms with Gasteiger partial charge in [-0.25, -0.2) is 0 Å². The Morgan fingerprint density at radius 3 is 2.64 bits per heavy atom. The lowest BCUT2D eigenvalue weighted by Gasteiger charge is -2.13. The average Bonchev–Trinajstić information content (AvgIpc) is 2.47. The highest BCUT2D eigenvalue weighted by Gasteiger charge is 2.06. The van der Waals surface area contributed by atoms with Crippen molar-refractivity contribution in [3.8, 4) is 5.75 Å². The largest absolute Gasteiger partial charge is 0.489 e. The molecule has 0 amide bonds. The van der Waals surface area contributed by atoms with E-state index in [0.29, 0.717) is 29.7 Å². The van der Waals surface area contributed by atoms with Crippen molar-refractivity contribution in [2.45, 2.75) is 26.2 Å². The molecule has 118 valence electrons. The first-order valence-electron chi connectivity index (χ1n) is 7.09. The molecule has 0 aliphatic carbocycles. The van der Waals surface area contributed by atoms with E-state index in [2.05, 4.69) is 5.32 Å². The Kier molecular flexibility index (Phi) is 6.52. The first kappa shape index (κ1) is 17.1. The van der Waals surface area contributed by atoms with Crippen LogP contribution in [0.2, 0.25) is 10.0 Å². The minimum absolute atomic E-state index is 0.374. The number of nitrogens with one attached hydrogen (secondary N) is 1. The third kappa shape index (κ3) is 5.18. The van der Waals surface area contributed by atoms with Crippen LogP contribution in [-0.2, 0) is 13.2 Å². The van der Waals surface area contributed by atoms with E-state index in [1.165, 1.54) is 0 Å². The first-order chi connectivity index (χ1) is 10.6. The van der Waals surface area contributed by atoms with Gasteiger partial charge in [0.25, 0.3) is 0 Å². The summed E-state index contributed by atoms with van der Waals surface area (Å²) in [6.45, 7) is 3.30. The van der Waals surface area contributed by atoms with Crippen molar-refractivity contribution in [1.29, 1.82) is 0 Å². The quantitative estimate of drug-likeness (QED) is 0.799. The predicted octanol–water partition coefficient (Wildman–Crippen LogP) is 4.04. The third-order valence-corrected chi connectivity index (χ3v) is 3.71. The van der Waals surface area contributed by atoms with Crippen LogP contribution in [0.5, 0.6) is 5.75 Å². The maximum atomic E-state index is 9.29. The van der Waals surface area contributed by atoms with Crippen molar-refractivity contribution in [1.82, 2.24) is 5.32 Å². The highest BCUT2D eigenvalue weighted by atomic mass is 35.5. The van der Waals surface area contributed by atoms with E-state index < -0.39 is 0 Å². The topological polar surface area (TPSA) is 41.5 Å². The molecule has 1 atom stereocenters. The summed E-state index contributed by atoms with van der Waals surface area (Å²) in [4.78, 5) is 0. The van der Waals surface area contributed by atoms with Crippen LogP contribution in [0.25, 0.3) is 0 Å². The lowest BCUT2D eigenvalue weighted by atomic mass is 10.2. The molecule has 0 aliphatic heterocycles. The van der Waals surface area contributed by atoms with Crippen molar-refractivity contribution in [2.24, 2.45) is 0 Å². The number of ether oxygens (including phenoxy) is 1. The zero-order valence-electron chi connectivity index (χ0n) is 12.4. The first-order valence-corrected chi connectivity index (χ1v) is 7.85. The van der Waals surface area contributed by atoms with Crippen LogP contribution in [-0.4, -0.2) is 17.8 Å². The summed E-state index contributed by atoms with van der Waals surface area (Å²) in [5, 5.41) is 13.7. The van der Waals surface area contributed by atoms with Gasteiger partial charge < -0.3 is 15.2 Å². The van der Waals surface area contributed by atoms with Crippen LogP contribution in [0.3, 0.4) is 0 Å². The number of rotatable bonds is 7. The second-order valence-electron chi connectivity index (χ2n) is 5.11. The maximum Gasteiger partial charge on any atom is 0.124 e. The van der Waals surface area contributed by atoms with Gasteiger partial charge in [0, 0.05) is 34.3 Å². The predicted molar refractivity (Wildman–Crippen MR) is 90.6 cm³/mol. The Morgan fingerprint density at radius 1 is 1.14 bits per heavy atom. The van der Waals surface area contributed by atoms with Gasteiger partial charge in [-0.2, -0.15) is 0 Å². The Bertz CT molecular complexity index is 617. The second-order valence-corrected chi connectivity index (χ2v) is 5.96. The molecule has 3 nitrogen and oxygen atoms in total. The molecule has 0 spiro atoms. The van der Waals surface area contributed by atoms with Crippen LogP contribution in [0.15, 0.2) is 42.5 Å². The Balaban J connectivity index is 2.00. The van der Waals surface area contributed by atoms with Crippen LogP contribution < -0.4 is 10.1 Å². The van der Waals surface area contributed by atoms with E-state index in [-0.39, 0.29) is 6.10 Å². The lowest BCUT2D eigenvalue weighted by molar-refractivity contribution is 0.190. The standard InChI is InChI=1S/C17H19Cl2NO2/c1-12(21)9-20-10-13-4-2-3-5-17(13)22-11-14-6-7-15(18)8-16(14)19/h2-8,12,20-21H,9-11H2,1H3/t12-/m1/s1. The fourth-order valence-corrected chi connectivity index (χ4v) is 2.46. The van der Waals surface area contributed by atoms with Crippen LogP contribution in [0.4, 0.5) is 0 Å². The van der Waals surface area contributed by atoms with Crippen LogP contribution in [0.1, 0.15) is 18.1 Å². The van der Waals surface area contributed by atoms with Gasteiger partial charge in [-0.3, -0.25) is 0 Å². The molecule has 2 aromatic rings. The Morgan fingerprint density at radius 2 is 1.91 bits per heavy atom. The van der Waals surface area contributed by atoms with Crippen molar-refractivity contribution in [3.63, 3.8) is 0 Å². The number of hydrogen-bond acceptors (Lipinski definition) is 3. The highest BCUT2D eigenvalue weighted by Crippen LogP contribution is 2.24. The summed E-state index contributed by atoms with van der Waals surface area (Å²) in [5.41, 5.74) is 1.92. The van der Waals surface area contributed by atoms with Gasteiger partial charge in [-0.15, -0.1) is 0 Å². The number of hydrogen-bond donors (Lipinski definition) is 2. The molecular weight excluding hydrogens is 321 g/mol. The van der Waals surface area contributed by atoms with Crippen molar-refractivity contribution in [2.75, 3.05) is 6.54 Å². The molecule has 5 heteroatoms. The van der Waals surface area contributed by atoms with E-state index in [4.69, 9.17) is 27.9 Å². The number of benzene rings is 2. The van der Waals surface area contributed by atoms with Crippen molar-refractivity contribution < 1.29 is 9.84 Å². The summed E-state index contributed by atoms with van der Waals surface area (Å²) in [5.74, 6) is 0.798. The zero-order chi connectivity index (χ0) is 15.9. The van der Waals surface area contributed by atoms with Gasteiger partial charge in [0.15, 0.2) is 0 Å². The zero-order valence-corrected chi connectivity index (χ0v) is 13.9. The molecule has 0 heterocycles. The number of aliphatic hydroxyl groups excluding tert-OH is 1. The van der Waals surface area contributed by atoms with Crippen LogP contribution in [0, 0.1) is 0 Å². The summed E-state index contributed by atoms with van der Waals surface area (Å²) >= 11 is 12.0. The van der Waals surface area contributed by atoms with E-state index in [0.717, 1.165) is 16.9 Å². The molecule has 2 rings (SSSR count). The van der Waals surface area contributed by atoms with Gasteiger partial charge in [-0.05, 0) is 25.1 Å². The molecule has 0 fully saturated rings. The molecule has 0 saturated heterocycles. The Hall–Kier alpha value is -1.26. The summed E-state index contributed by atoms with van der Waals surface area (Å²) < 4.78 is 5.87. The Labute approximate surface area is 140 Å².